The van der Waals surface area contributed by atoms with Gasteiger partial charge in [0.2, 0.25) is 10.0 Å². The van der Waals surface area contributed by atoms with Crippen LogP contribution >= 0.6 is 28.3 Å². The monoisotopic (exact) mass is 425 g/mol. The van der Waals surface area contributed by atoms with E-state index in [4.69, 9.17) is 5.73 Å². The van der Waals surface area contributed by atoms with Crippen molar-refractivity contribution in [3.05, 3.63) is 28.2 Å². The van der Waals surface area contributed by atoms with Crippen LogP contribution in [0.25, 0.3) is 0 Å². The van der Waals surface area contributed by atoms with E-state index in [-0.39, 0.29) is 29.3 Å². The zero-order valence-electron chi connectivity index (χ0n) is 13.0. The molecule has 0 saturated heterocycles. The predicted octanol–water partition coefficient (Wildman–Crippen LogP) is 1.59. The fourth-order valence-corrected chi connectivity index (χ4v) is 4.10. The standard InChI is InChI=1S/C14H20BrN3O3S.ClH/c1-18(2)22(20,21)13-6-5-10(7-11(13)15)14(19)17-12(8-16)9-3-4-9;/h5-7,9,12H,3-4,8,16H2,1-2H3,(H,17,19);1H. The van der Waals surface area contributed by atoms with Crippen molar-refractivity contribution in [3.8, 4) is 0 Å². The van der Waals surface area contributed by atoms with Gasteiger partial charge in [-0.3, -0.25) is 4.79 Å². The molecule has 1 aromatic rings. The third kappa shape index (κ3) is 4.67. The fourth-order valence-electron chi connectivity index (χ4n) is 2.17. The van der Waals surface area contributed by atoms with Crippen molar-refractivity contribution in [2.45, 2.75) is 23.8 Å². The molecule has 0 radical (unpaired) electrons. The molecule has 1 aromatic carbocycles. The van der Waals surface area contributed by atoms with Crippen LogP contribution in [0.5, 0.6) is 0 Å². The Kier molecular flexibility index (Phi) is 7.03. The molecule has 0 aliphatic heterocycles. The molecule has 0 spiro atoms. The van der Waals surface area contributed by atoms with Crippen molar-refractivity contribution in [1.82, 2.24) is 9.62 Å². The minimum atomic E-state index is -3.55. The summed E-state index contributed by atoms with van der Waals surface area (Å²) < 4.78 is 25.8. The van der Waals surface area contributed by atoms with Gasteiger partial charge in [-0.2, -0.15) is 0 Å². The van der Waals surface area contributed by atoms with E-state index in [0.29, 0.717) is 22.5 Å². The van der Waals surface area contributed by atoms with Crippen LogP contribution in [0, 0.1) is 5.92 Å². The number of nitrogens with two attached hydrogens (primary N) is 1. The number of sulfonamides is 1. The molecule has 0 heterocycles. The Morgan fingerprint density at radius 1 is 1.43 bits per heavy atom. The molecule has 9 heteroatoms. The highest BCUT2D eigenvalue weighted by Crippen LogP contribution is 2.32. The molecule has 23 heavy (non-hydrogen) atoms. The van der Waals surface area contributed by atoms with E-state index in [1.54, 1.807) is 0 Å². The number of carbonyl (C=O) groups excluding carboxylic acids is 1. The molecule has 1 unspecified atom stereocenters. The largest absolute Gasteiger partial charge is 0.348 e. The summed E-state index contributed by atoms with van der Waals surface area (Å²) in [4.78, 5) is 12.4. The lowest BCUT2D eigenvalue weighted by Gasteiger charge is -2.17. The maximum Gasteiger partial charge on any atom is 0.251 e. The molecule has 0 aromatic heterocycles. The molecule has 1 atom stereocenters. The van der Waals surface area contributed by atoms with Gasteiger partial charge in [-0.15, -0.1) is 12.4 Å². The lowest BCUT2D eigenvalue weighted by molar-refractivity contribution is 0.0933. The van der Waals surface area contributed by atoms with Crippen LogP contribution in [-0.4, -0.2) is 45.3 Å². The smallest absolute Gasteiger partial charge is 0.251 e. The van der Waals surface area contributed by atoms with Gasteiger partial charge in [-0.1, -0.05) is 0 Å². The zero-order valence-corrected chi connectivity index (χ0v) is 16.2. The summed E-state index contributed by atoms with van der Waals surface area (Å²) in [5.74, 6) is 0.225. The zero-order chi connectivity index (χ0) is 16.5. The van der Waals surface area contributed by atoms with Crippen LogP contribution in [0.4, 0.5) is 0 Å². The molecule has 1 fully saturated rings. The van der Waals surface area contributed by atoms with Crippen LogP contribution in [0.3, 0.4) is 0 Å². The Morgan fingerprint density at radius 3 is 2.48 bits per heavy atom. The Bertz CT molecular complexity index is 678. The highest BCUT2D eigenvalue weighted by Gasteiger charge is 2.31. The summed E-state index contributed by atoms with van der Waals surface area (Å²) in [5.41, 5.74) is 6.08. The Balaban J connectivity index is 0.00000264. The molecular weight excluding hydrogens is 406 g/mol. The Morgan fingerprint density at radius 2 is 2.04 bits per heavy atom. The van der Waals surface area contributed by atoms with Gasteiger partial charge in [-0.25, -0.2) is 12.7 Å². The van der Waals surface area contributed by atoms with Crippen molar-refractivity contribution >= 4 is 44.3 Å². The number of nitrogens with zero attached hydrogens (tertiary/aromatic N) is 1. The van der Waals surface area contributed by atoms with E-state index in [1.807, 2.05) is 0 Å². The van der Waals surface area contributed by atoms with E-state index in [0.717, 1.165) is 17.1 Å². The van der Waals surface area contributed by atoms with Gasteiger partial charge in [0.15, 0.2) is 0 Å². The Labute approximate surface area is 151 Å². The van der Waals surface area contributed by atoms with Crippen molar-refractivity contribution in [1.29, 1.82) is 0 Å². The highest BCUT2D eigenvalue weighted by atomic mass is 79.9. The van der Waals surface area contributed by atoms with Gasteiger partial charge < -0.3 is 11.1 Å². The molecule has 130 valence electrons. The first-order valence-electron chi connectivity index (χ1n) is 7.00. The normalized spacial score (nSPS) is 15.9. The summed E-state index contributed by atoms with van der Waals surface area (Å²) in [5, 5.41) is 2.91. The number of halogens is 2. The second kappa shape index (κ2) is 7.94. The summed E-state index contributed by atoms with van der Waals surface area (Å²) in [7, 11) is -0.622. The fraction of sp³-hybridized carbons (Fsp3) is 0.500. The van der Waals surface area contributed by atoms with Crippen LogP contribution in [-0.2, 0) is 10.0 Å². The first-order valence-corrected chi connectivity index (χ1v) is 9.23. The average Bonchev–Trinajstić information content (AvgIpc) is 3.28. The van der Waals surface area contributed by atoms with Gasteiger partial charge in [0.25, 0.3) is 5.91 Å². The first kappa shape index (κ1) is 20.4. The maximum absolute atomic E-state index is 12.2. The van der Waals surface area contributed by atoms with E-state index in [1.165, 1.54) is 32.3 Å². The number of hydrogen-bond acceptors (Lipinski definition) is 4. The van der Waals surface area contributed by atoms with Crippen LogP contribution in [0.2, 0.25) is 0 Å². The molecule has 0 bridgehead atoms. The van der Waals surface area contributed by atoms with Gasteiger partial charge >= 0.3 is 0 Å². The van der Waals surface area contributed by atoms with Crippen LogP contribution in [0.1, 0.15) is 23.2 Å². The quantitative estimate of drug-likeness (QED) is 0.722. The van der Waals surface area contributed by atoms with Gasteiger partial charge in [0.05, 0.1) is 4.90 Å². The second-order valence-corrected chi connectivity index (χ2v) is 8.56. The number of rotatable bonds is 6. The van der Waals surface area contributed by atoms with Gasteiger partial charge in [-0.05, 0) is 52.9 Å². The number of amides is 1. The minimum Gasteiger partial charge on any atom is -0.348 e. The SMILES string of the molecule is CN(C)S(=O)(=O)c1ccc(C(=O)NC(CN)C2CC2)cc1Br.Cl. The lowest BCUT2D eigenvalue weighted by Crippen LogP contribution is -2.41. The third-order valence-electron chi connectivity index (χ3n) is 3.71. The molecule has 1 amide bonds. The summed E-state index contributed by atoms with van der Waals surface area (Å²) >= 11 is 3.23. The van der Waals surface area contributed by atoms with Crippen molar-refractivity contribution in [2.75, 3.05) is 20.6 Å². The van der Waals surface area contributed by atoms with Crippen LogP contribution < -0.4 is 11.1 Å². The average molecular weight is 427 g/mol. The molecule has 1 aliphatic rings. The summed E-state index contributed by atoms with van der Waals surface area (Å²) in [6, 6.07) is 4.45. The van der Waals surface area contributed by atoms with Gasteiger partial charge in [0, 0.05) is 36.7 Å². The van der Waals surface area contributed by atoms with Crippen molar-refractivity contribution in [3.63, 3.8) is 0 Å². The second-order valence-electron chi connectivity index (χ2n) is 5.59. The van der Waals surface area contributed by atoms with Gasteiger partial charge in [0.1, 0.15) is 0 Å². The van der Waals surface area contributed by atoms with Crippen LogP contribution in [0.15, 0.2) is 27.6 Å². The molecule has 2 rings (SSSR count). The Hall–Kier alpha value is -0.670. The number of hydrogen-bond donors (Lipinski definition) is 2. The first-order chi connectivity index (χ1) is 10.3. The maximum atomic E-state index is 12.2. The number of benzene rings is 1. The summed E-state index contributed by atoms with van der Waals surface area (Å²) in [6.07, 6.45) is 2.18. The molecule has 1 aliphatic carbocycles. The third-order valence-corrected chi connectivity index (χ3v) is 6.51. The molecule has 6 nitrogen and oxygen atoms in total. The van der Waals surface area contributed by atoms with E-state index in [2.05, 4.69) is 21.2 Å². The summed E-state index contributed by atoms with van der Waals surface area (Å²) in [6.45, 7) is 0.407. The van der Waals surface area contributed by atoms with Crippen molar-refractivity contribution < 1.29 is 13.2 Å². The molecular formula is C14H21BrClN3O3S. The predicted molar refractivity (Wildman–Crippen MR) is 95.3 cm³/mol. The van der Waals surface area contributed by atoms with E-state index < -0.39 is 10.0 Å². The van der Waals surface area contributed by atoms with E-state index >= 15 is 0 Å². The highest BCUT2D eigenvalue weighted by molar-refractivity contribution is 9.10. The number of carbonyl (C=O) groups is 1. The van der Waals surface area contributed by atoms with E-state index in [9.17, 15) is 13.2 Å². The minimum absolute atomic E-state index is 0. The number of nitrogens with one attached hydrogen (secondary N) is 1. The lowest BCUT2D eigenvalue weighted by atomic mass is 10.1. The topological polar surface area (TPSA) is 92.5 Å². The molecule has 1 saturated carbocycles. The molecule has 3 N–H and O–H groups in total. The van der Waals surface area contributed by atoms with Crippen molar-refractivity contribution in [2.24, 2.45) is 11.7 Å².